The van der Waals surface area contributed by atoms with Gasteiger partial charge >= 0.3 is 23.6 Å². The highest BCUT2D eigenvalue weighted by Crippen LogP contribution is 2.40. The Labute approximate surface area is 165 Å². The smallest absolute Gasteiger partial charge is 0.421 e. The zero-order valence-corrected chi connectivity index (χ0v) is 16.4. The van der Waals surface area contributed by atoms with Gasteiger partial charge in [0.15, 0.2) is 15.7 Å². The second-order valence-corrected chi connectivity index (χ2v) is 7.75. The van der Waals surface area contributed by atoms with Gasteiger partial charge in [-0.25, -0.2) is 13.2 Å². The largest absolute Gasteiger partial charge is 0.743 e. The van der Waals surface area contributed by atoms with Crippen LogP contribution in [0.5, 0.6) is 0 Å². The minimum atomic E-state index is -6.89. The van der Waals surface area contributed by atoms with Crippen LogP contribution in [0.1, 0.15) is 27.2 Å². The number of hydrogen-bond donors (Lipinski definition) is 0. The predicted octanol–water partition coefficient (Wildman–Crippen LogP) is 3.26. The molecule has 0 spiro atoms. The highest BCUT2D eigenvalue weighted by molar-refractivity contribution is 7.86. The molecule has 0 aliphatic heterocycles. The van der Waals surface area contributed by atoms with E-state index in [2.05, 4.69) is 20.8 Å². The highest BCUT2D eigenvalue weighted by atomic mass is 32.2. The van der Waals surface area contributed by atoms with Crippen LogP contribution < -0.4 is 0 Å². The summed E-state index contributed by atoms with van der Waals surface area (Å²) in [7, 11) is -6.89. The van der Waals surface area contributed by atoms with E-state index < -0.39 is 64.7 Å². The monoisotopic (exact) mass is 481 g/mol. The summed E-state index contributed by atoms with van der Waals surface area (Å²) in [5.74, 6) is -1.08. The molecule has 0 fully saturated rings. The second kappa shape index (κ2) is 9.32. The van der Waals surface area contributed by atoms with Crippen LogP contribution >= 0.6 is 0 Å². The van der Waals surface area contributed by atoms with Crippen molar-refractivity contribution in [2.45, 2.75) is 62.6 Å². The molecule has 16 heteroatoms. The molecule has 30 heavy (non-hydrogen) atoms. The molecule has 0 aromatic carbocycles. The van der Waals surface area contributed by atoms with E-state index >= 15 is 0 Å². The van der Waals surface area contributed by atoms with Crippen LogP contribution in [0, 0.1) is 0 Å². The normalized spacial score (nSPS) is 17.7. The maximum Gasteiger partial charge on any atom is 0.421 e. The molecule has 7 nitrogen and oxygen atoms in total. The van der Waals surface area contributed by atoms with Gasteiger partial charge in [-0.05, 0) is 20.8 Å². The lowest BCUT2D eigenvalue weighted by Crippen LogP contribution is -2.53. The van der Waals surface area contributed by atoms with Gasteiger partial charge < -0.3 is 18.8 Å². The first-order valence-corrected chi connectivity index (χ1v) is 9.06. The van der Waals surface area contributed by atoms with Crippen LogP contribution in [0.3, 0.4) is 0 Å². The lowest BCUT2D eigenvalue weighted by molar-refractivity contribution is -0.329. The number of halogens is 8. The molecule has 0 rings (SSSR count). The lowest BCUT2D eigenvalue weighted by Gasteiger charge is -2.35. The summed E-state index contributed by atoms with van der Waals surface area (Å²) < 4.78 is 148. The van der Waals surface area contributed by atoms with E-state index in [1.54, 1.807) is 0 Å². The summed E-state index contributed by atoms with van der Waals surface area (Å²) in [4.78, 5) is 11.3. The van der Waals surface area contributed by atoms with Gasteiger partial charge in [-0.15, -0.1) is 0 Å². The average Bonchev–Trinajstić information content (AvgIpc) is 2.47. The van der Waals surface area contributed by atoms with E-state index in [-0.39, 0.29) is 5.57 Å². The summed E-state index contributed by atoms with van der Waals surface area (Å²) in [6.45, 7) is 3.52. The molecule has 0 aromatic heterocycles. The first kappa shape index (κ1) is 28.5. The molecule has 0 aliphatic rings. The number of carbonyl (C=O) groups excluding carboxylic acids is 1. The number of carbonyl (C=O) groups is 1. The van der Waals surface area contributed by atoms with Crippen LogP contribution in [0.15, 0.2) is 12.2 Å². The van der Waals surface area contributed by atoms with Gasteiger partial charge in [-0.2, -0.15) is 35.1 Å². The molecule has 0 radical (unpaired) electrons. The number of rotatable bonds is 10. The molecular weight excluding hydrogens is 464 g/mol. The van der Waals surface area contributed by atoms with Crippen molar-refractivity contribution in [2.24, 2.45) is 0 Å². The van der Waals surface area contributed by atoms with Crippen LogP contribution in [0.4, 0.5) is 35.1 Å². The Morgan fingerprint density at radius 1 is 1.10 bits per heavy atom. The first-order valence-electron chi connectivity index (χ1n) is 7.65. The fourth-order valence-corrected chi connectivity index (χ4v) is 2.34. The van der Waals surface area contributed by atoms with E-state index in [0.717, 1.165) is 6.92 Å². The Hall–Kier alpha value is -1.52. The van der Waals surface area contributed by atoms with E-state index in [0.29, 0.717) is 6.92 Å². The Kier molecular flexibility index (Phi) is 8.84. The van der Waals surface area contributed by atoms with Crippen molar-refractivity contribution in [2.75, 3.05) is 6.79 Å². The Morgan fingerprint density at radius 2 is 1.57 bits per heavy atom. The quantitative estimate of drug-likeness (QED) is 0.155. The molecule has 178 valence electrons. The fourth-order valence-electron chi connectivity index (χ4n) is 1.88. The molecule has 0 aliphatic carbocycles. The fraction of sp³-hybridized carbons (Fsp3) is 0.786. The lowest BCUT2D eigenvalue weighted by atomic mass is 9.98. The number of ether oxygens (including phenoxy) is 3. The Bertz CT molecular complexity index is 732. The van der Waals surface area contributed by atoms with E-state index in [4.69, 9.17) is 0 Å². The van der Waals surface area contributed by atoms with Gasteiger partial charge in [0.2, 0.25) is 6.10 Å². The predicted molar refractivity (Wildman–Crippen MR) is 81.0 cm³/mol. The van der Waals surface area contributed by atoms with Crippen LogP contribution in [0.25, 0.3) is 0 Å². The highest BCUT2D eigenvalue weighted by Gasteiger charge is 2.62. The molecular formula is C14H17F8O7S-. The van der Waals surface area contributed by atoms with E-state index in [9.17, 15) is 52.9 Å². The maximum atomic E-state index is 13.3. The number of alkyl halides is 8. The minimum absolute atomic E-state index is 0.172. The third-order valence-corrected chi connectivity index (χ3v) is 4.36. The van der Waals surface area contributed by atoms with Crippen LogP contribution in [0.2, 0.25) is 0 Å². The Morgan fingerprint density at radius 3 is 1.90 bits per heavy atom. The molecule has 0 heterocycles. The molecule has 0 saturated heterocycles. The number of esters is 1. The average molecular weight is 481 g/mol. The van der Waals surface area contributed by atoms with Gasteiger partial charge in [0.1, 0.15) is 12.9 Å². The summed E-state index contributed by atoms with van der Waals surface area (Å²) in [6.07, 6.45) is -18.8. The molecule has 0 amide bonds. The van der Waals surface area contributed by atoms with Crippen molar-refractivity contribution in [1.29, 1.82) is 0 Å². The van der Waals surface area contributed by atoms with Gasteiger partial charge in [0.05, 0.1) is 0 Å². The van der Waals surface area contributed by atoms with Crippen molar-refractivity contribution in [3.05, 3.63) is 12.2 Å². The summed E-state index contributed by atoms with van der Waals surface area (Å²) in [6, 6.07) is 0. The van der Waals surface area contributed by atoms with Crippen molar-refractivity contribution in [3.8, 4) is 0 Å². The molecule has 0 N–H and O–H groups in total. The third kappa shape index (κ3) is 7.31. The van der Waals surface area contributed by atoms with Crippen molar-refractivity contribution >= 4 is 16.1 Å². The van der Waals surface area contributed by atoms with E-state index in [1.165, 1.54) is 6.92 Å². The standard InChI is InChI=1S/C14H18F8O7S/c1-7(2)9(23)29-8(3)5-11(4,14(20,21)22)28-6-27-10(12(15,16)17)13(18,19)30(24,25)26/h8,10H,1,5-6H2,2-4H3,(H,24,25,26)/p-1. The van der Waals surface area contributed by atoms with Crippen molar-refractivity contribution in [3.63, 3.8) is 0 Å². The SMILES string of the molecule is C=C(C)C(=O)OC(C)CC(C)(OCOC(C(F)(F)F)C(F)(F)S(=O)(=O)[O-])C(F)(F)F. The summed E-state index contributed by atoms with van der Waals surface area (Å²) in [5, 5.41) is -6.05. The zero-order valence-electron chi connectivity index (χ0n) is 15.6. The molecule has 3 unspecified atom stereocenters. The maximum absolute atomic E-state index is 13.3. The van der Waals surface area contributed by atoms with Gasteiger partial charge in [-0.3, -0.25) is 0 Å². The Balaban J connectivity index is 5.51. The minimum Gasteiger partial charge on any atom is -0.743 e. The molecule has 0 aromatic rings. The van der Waals surface area contributed by atoms with Crippen LogP contribution in [-0.2, 0) is 29.1 Å². The summed E-state index contributed by atoms with van der Waals surface area (Å²) >= 11 is 0. The first-order chi connectivity index (χ1) is 13.1. The zero-order chi connectivity index (χ0) is 24.3. The van der Waals surface area contributed by atoms with Crippen molar-refractivity contribution < 1.29 is 67.1 Å². The molecule has 0 bridgehead atoms. The number of hydrogen-bond acceptors (Lipinski definition) is 7. The van der Waals surface area contributed by atoms with E-state index in [1.807, 2.05) is 0 Å². The van der Waals surface area contributed by atoms with Gasteiger partial charge in [0.25, 0.3) is 0 Å². The van der Waals surface area contributed by atoms with Crippen LogP contribution in [-0.4, -0.2) is 61.1 Å². The third-order valence-electron chi connectivity index (χ3n) is 3.48. The molecule has 3 atom stereocenters. The van der Waals surface area contributed by atoms with Gasteiger partial charge in [-0.1, -0.05) is 6.58 Å². The van der Waals surface area contributed by atoms with Crippen molar-refractivity contribution in [1.82, 2.24) is 0 Å². The summed E-state index contributed by atoms with van der Waals surface area (Å²) in [5.41, 5.74) is -3.54. The van der Waals surface area contributed by atoms with Gasteiger partial charge in [0, 0.05) is 12.0 Å². The topological polar surface area (TPSA) is 102 Å². The molecule has 0 saturated carbocycles. The second-order valence-electron chi connectivity index (χ2n) is 6.30.